The van der Waals surface area contributed by atoms with Crippen molar-refractivity contribution in [2.75, 3.05) is 26.3 Å². The summed E-state index contributed by atoms with van der Waals surface area (Å²) in [6, 6.07) is 3.23. The summed E-state index contributed by atoms with van der Waals surface area (Å²) in [5, 5.41) is 11.5. The van der Waals surface area contributed by atoms with E-state index in [9.17, 15) is 14.7 Å². The minimum Gasteiger partial charge on any atom is -0.546 e. The molecule has 1 saturated heterocycles. The molecular formula is C18H20ClN2O5S-. The first-order chi connectivity index (χ1) is 12.9. The van der Waals surface area contributed by atoms with Gasteiger partial charge in [0.05, 0.1) is 22.5 Å². The predicted molar refractivity (Wildman–Crippen MR) is 104 cm³/mol. The van der Waals surface area contributed by atoms with Crippen LogP contribution in [-0.2, 0) is 9.59 Å². The Bertz CT molecular complexity index is 794. The molecule has 0 radical (unpaired) electrons. The number of benzene rings is 1. The lowest BCUT2D eigenvalue weighted by atomic mass is 10.1. The number of halogens is 1. The second-order valence-electron chi connectivity index (χ2n) is 5.34. The van der Waals surface area contributed by atoms with E-state index in [1.165, 1.54) is 11.8 Å². The highest BCUT2D eigenvalue weighted by Crippen LogP contribution is 2.39. The summed E-state index contributed by atoms with van der Waals surface area (Å²) in [5.74, 6) is -1.07. The summed E-state index contributed by atoms with van der Waals surface area (Å²) < 4.78 is 10.7. The monoisotopic (exact) mass is 411 g/mol. The fourth-order valence-electron chi connectivity index (χ4n) is 2.40. The summed E-state index contributed by atoms with van der Waals surface area (Å²) in [5.41, 5.74) is 0.633. The van der Waals surface area contributed by atoms with Crippen LogP contribution in [0.2, 0.25) is 5.02 Å². The number of ether oxygens (including phenoxy) is 2. The number of hydrogen-bond donors (Lipinski definition) is 0. The molecule has 0 aromatic heterocycles. The first-order valence-corrected chi connectivity index (χ1v) is 9.65. The van der Waals surface area contributed by atoms with E-state index in [0.29, 0.717) is 41.1 Å². The molecule has 0 aliphatic carbocycles. The van der Waals surface area contributed by atoms with Crippen LogP contribution in [0, 0.1) is 0 Å². The van der Waals surface area contributed by atoms with Crippen LogP contribution in [0.4, 0.5) is 0 Å². The molecule has 0 atom stereocenters. The lowest BCUT2D eigenvalue weighted by Crippen LogP contribution is -2.29. The second-order valence-corrected chi connectivity index (χ2v) is 6.76. The Morgan fingerprint density at radius 3 is 2.67 bits per heavy atom. The molecule has 1 aromatic rings. The number of rotatable bonds is 8. The highest BCUT2D eigenvalue weighted by molar-refractivity contribution is 8.18. The molecular weight excluding hydrogens is 392 g/mol. The van der Waals surface area contributed by atoms with Gasteiger partial charge in [0, 0.05) is 13.1 Å². The van der Waals surface area contributed by atoms with Crippen molar-refractivity contribution in [3.63, 3.8) is 0 Å². The Hall–Kier alpha value is -2.19. The average Bonchev–Trinajstić information content (AvgIpc) is 2.89. The van der Waals surface area contributed by atoms with Gasteiger partial charge in [0.1, 0.15) is 6.61 Å². The molecule has 0 saturated carbocycles. The van der Waals surface area contributed by atoms with Gasteiger partial charge >= 0.3 is 0 Å². The zero-order valence-corrected chi connectivity index (χ0v) is 16.9. The minimum absolute atomic E-state index is 0.124. The van der Waals surface area contributed by atoms with Crippen molar-refractivity contribution < 1.29 is 24.2 Å². The van der Waals surface area contributed by atoms with Crippen LogP contribution in [0.15, 0.2) is 22.0 Å². The van der Waals surface area contributed by atoms with Gasteiger partial charge in [-0.1, -0.05) is 11.6 Å². The topological polar surface area (TPSA) is 91.3 Å². The van der Waals surface area contributed by atoms with Gasteiger partial charge in [-0.05, 0) is 56.3 Å². The number of carboxylic acid groups (broad SMARTS) is 1. The average molecular weight is 412 g/mol. The highest BCUT2D eigenvalue weighted by atomic mass is 35.5. The zero-order chi connectivity index (χ0) is 20.0. The molecule has 7 nitrogen and oxygen atoms in total. The maximum absolute atomic E-state index is 12.6. The van der Waals surface area contributed by atoms with E-state index in [1.807, 2.05) is 13.8 Å². The number of carbonyl (C=O) groups excluding carboxylic acids is 2. The zero-order valence-electron chi connectivity index (χ0n) is 15.3. The molecule has 27 heavy (non-hydrogen) atoms. The van der Waals surface area contributed by atoms with E-state index in [4.69, 9.17) is 21.1 Å². The van der Waals surface area contributed by atoms with Gasteiger partial charge in [0.25, 0.3) is 5.91 Å². The number of hydrogen-bond acceptors (Lipinski definition) is 7. The smallest absolute Gasteiger partial charge is 0.266 e. The molecule has 146 valence electrons. The number of thioether (sulfide) groups is 1. The number of aliphatic carboxylic acids is 1. The first kappa shape index (κ1) is 21.1. The van der Waals surface area contributed by atoms with E-state index in [0.717, 1.165) is 0 Å². The number of amides is 1. The third-order valence-corrected chi connectivity index (χ3v) is 4.79. The Morgan fingerprint density at radius 2 is 2.07 bits per heavy atom. The highest BCUT2D eigenvalue weighted by Gasteiger charge is 2.31. The maximum Gasteiger partial charge on any atom is 0.266 e. The van der Waals surface area contributed by atoms with Crippen LogP contribution in [0.1, 0.15) is 26.3 Å². The van der Waals surface area contributed by atoms with Crippen molar-refractivity contribution in [2.45, 2.75) is 20.8 Å². The number of carbonyl (C=O) groups is 2. The van der Waals surface area contributed by atoms with Crippen LogP contribution in [0.25, 0.3) is 6.08 Å². The first-order valence-electron chi connectivity index (χ1n) is 8.46. The van der Waals surface area contributed by atoms with Crippen molar-refractivity contribution in [3.05, 3.63) is 27.6 Å². The molecule has 1 amide bonds. The van der Waals surface area contributed by atoms with Crippen molar-refractivity contribution in [1.29, 1.82) is 0 Å². The normalized spacial score (nSPS) is 17.0. The third-order valence-electron chi connectivity index (χ3n) is 3.46. The second kappa shape index (κ2) is 9.66. The number of likely N-dealkylation sites (N-methyl/N-ethyl adjacent to an activating group) is 1. The molecule has 0 bridgehead atoms. The summed E-state index contributed by atoms with van der Waals surface area (Å²) in [7, 11) is 0. The molecule has 9 heteroatoms. The minimum atomic E-state index is -1.37. The quantitative estimate of drug-likeness (QED) is 0.609. The molecule has 1 aliphatic rings. The van der Waals surface area contributed by atoms with Gasteiger partial charge in [0.2, 0.25) is 0 Å². The molecule has 1 fully saturated rings. The van der Waals surface area contributed by atoms with Crippen molar-refractivity contribution in [1.82, 2.24) is 4.90 Å². The number of carboxylic acids is 1. The Kier molecular flexibility index (Phi) is 7.55. The number of amidine groups is 1. The molecule has 1 heterocycles. The van der Waals surface area contributed by atoms with E-state index < -0.39 is 12.6 Å². The van der Waals surface area contributed by atoms with Crippen LogP contribution in [0.5, 0.6) is 11.5 Å². The molecule has 0 N–H and O–H groups in total. The molecule has 0 spiro atoms. The van der Waals surface area contributed by atoms with Gasteiger partial charge in [-0.2, -0.15) is 0 Å². The van der Waals surface area contributed by atoms with Crippen LogP contribution < -0.4 is 14.6 Å². The Labute approximate surface area is 167 Å². The van der Waals surface area contributed by atoms with E-state index in [2.05, 4.69) is 4.99 Å². The fourth-order valence-corrected chi connectivity index (χ4v) is 3.78. The molecule has 0 unspecified atom stereocenters. The van der Waals surface area contributed by atoms with Crippen LogP contribution in [-0.4, -0.2) is 48.2 Å². The molecule has 2 rings (SSSR count). The van der Waals surface area contributed by atoms with E-state index >= 15 is 0 Å². The SMILES string of the molecule is CCN=C1S/C(=C\c2cc(Cl)c(OCC(=O)[O-])c(OCC)c2)C(=O)N1CC. The van der Waals surface area contributed by atoms with E-state index in [-0.39, 0.29) is 16.7 Å². The Morgan fingerprint density at radius 1 is 1.33 bits per heavy atom. The largest absolute Gasteiger partial charge is 0.546 e. The summed E-state index contributed by atoms with van der Waals surface area (Å²) in [4.78, 5) is 29.7. The van der Waals surface area contributed by atoms with Crippen molar-refractivity contribution in [3.8, 4) is 11.5 Å². The maximum atomic E-state index is 12.6. The predicted octanol–water partition coefficient (Wildman–Crippen LogP) is 2.18. The van der Waals surface area contributed by atoms with Crippen molar-refractivity contribution in [2.24, 2.45) is 4.99 Å². The van der Waals surface area contributed by atoms with Gasteiger partial charge < -0.3 is 19.4 Å². The number of nitrogens with zero attached hydrogens (tertiary/aromatic N) is 2. The number of aliphatic imine (C=N–C) groups is 1. The standard InChI is InChI=1S/C18H21ClN2O5S/c1-4-20-18-21(5-2)17(24)14(27-18)9-11-7-12(19)16(26-10-15(22)23)13(8-11)25-6-3/h7-9H,4-6,10H2,1-3H3,(H,22,23)/p-1/b14-9-,20-18?. The third kappa shape index (κ3) is 5.17. The Balaban J connectivity index is 2.38. The van der Waals surface area contributed by atoms with Gasteiger partial charge in [-0.3, -0.25) is 14.7 Å². The van der Waals surface area contributed by atoms with Crippen LogP contribution >= 0.6 is 23.4 Å². The fraction of sp³-hybridized carbons (Fsp3) is 0.389. The van der Waals surface area contributed by atoms with Gasteiger partial charge in [-0.25, -0.2) is 0 Å². The summed E-state index contributed by atoms with van der Waals surface area (Å²) in [6.07, 6.45) is 1.70. The lowest BCUT2D eigenvalue weighted by Gasteiger charge is -2.15. The molecule has 1 aliphatic heterocycles. The lowest BCUT2D eigenvalue weighted by molar-refractivity contribution is -0.307. The summed E-state index contributed by atoms with van der Waals surface area (Å²) in [6.45, 7) is 6.39. The molecule has 1 aromatic carbocycles. The summed E-state index contributed by atoms with van der Waals surface area (Å²) >= 11 is 7.54. The van der Waals surface area contributed by atoms with Crippen LogP contribution in [0.3, 0.4) is 0 Å². The van der Waals surface area contributed by atoms with Gasteiger partial charge in [-0.15, -0.1) is 0 Å². The van der Waals surface area contributed by atoms with Crippen molar-refractivity contribution >= 4 is 46.5 Å². The van der Waals surface area contributed by atoms with E-state index in [1.54, 1.807) is 30.0 Å². The van der Waals surface area contributed by atoms with Gasteiger partial charge in [0.15, 0.2) is 16.7 Å².